The molecule has 2 aromatic rings. The highest BCUT2D eigenvalue weighted by atomic mass is 32.1. The molecule has 0 fully saturated rings. The number of thiophene rings is 1. The van der Waals surface area contributed by atoms with E-state index in [9.17, 15) is 9.59 Å². The third-order valence-electron chi connectivity index (χ3n) is 3.40. The molecule has 1 aromatic carbocycles. The van der Waals surface area contributed by atoms with Gasteiger partial charge in [-0.2, -0.15) is 0 Å². The summed E-state index contributed by atoms with van der Waals surface area (Å²) in [6, 6.07) is 8.18. The van der Waals surface area contributed by atoms with Gasteiger partial charge in [0.2, 0.25) is 0 Å². The second-order valence-electron chi connectivity index (χ2n) is 4.92. The van der Waals surface area contributed by atoms with Crippen molar-refractivity contribution in [2.45, 2.75) is 12.5 Å². The number of ether oxygens (including phenoxy) is 3. The zero-order valence-electron chi connectivity index (χ0n) is 13.7. The van der Waals surface area contributed by atoms with Gasteiger partial charge in [-0.3, -0.25) is 9.59 Å². The predicted octanol–water partition coefficient (Wildman–Crippen LogP) is 2.80. The van der Waals surface area contributed by atoms with Gasteiger partial charge in [0.25, 0.3) is 5.91 Å². The number of benzene rings is 1. The maximum atomic E-state index is 12.6. The van der Waals surface area contributed by atoms with Crippen molar-refractivity contribution in [2.75, 3.05) is 21.3 Å². The maximum absolute atomic E-state index is 12.6. The molecule has 0 spiro atoms. The molecule has 6 nitrogen and oxygen atoms in total. The molecule has 0 unspecified atom stereocenters. The average molecular weight is 349 g/mol. The van der Waals surface area contributed by atoms with Crippen molar-refractivity contribution in [3.05, 3.63) is 46.2 Å². The second-order valence-corrected chi connectivity index (χ2v) is 5.90. The molecule has 0 aliphatic rings. The molecule has 0 radical (unpaired) electrons. The highest BCUT2D eigenvalue weighted by molar-refractivity contribution is 7.10. The van der Waals surface area contributed by atoms with Gasteiger partial charge in [0.1, 0.15) is 11.5 Å². The molecule has 1 aromatic heterocycles. The van der Waals surface area contributed by atoms with Crippen LogP contribution in [0, 0.1) is 0 Å². The Balaban J connectivity index is 2.22. The van der Waals surface area contributed by atoms with Crippen LogP contribution in [-0.2, 0) is 9.53 Å². The van der Waals surface area contributed by atoms with Crippen molar-refractivity contribution in [1.29, 1.82) is 0 Å². The summed E-state index contributed by atoms with van der Waals surface area (Å²) in [5.41, 5.74) is 0.387. The van der Waals surface area contributed by atoms with Crippen LogP contribution in [0.1, 0.15) is 27.7 Å². The molecule has 0 aliphatic heterocycles. The Kier molecular flexibility index (Phi) is 6.20. The van der Waals surface area contributed by atoms with E-state index in [1.807, 2.05) is 17.5 Å². The van der Waals surface area contributed by atoms with Crippen LogP contribution >= 0.6 is 11.3 Å². The van der Waals surface area contributed by atoms with Gasteiger partial charge in [0, 0.05) is 16.5 Å². The molecule has 24 heavy (non-hydrogen) atoms. The molecule has 0 aliphatic carbocycles. The zero-order chi connectivity index (χ0) is 17.5. The molecule has 2 rings (SSSR count). The molecular formula is C17H19NO5S. The minimum atomic E-state index is -0.456. The number of methoxy groups -OCH3 is 3. The summed E-state index contributed by atoms with van der Waals surface area (Å²) in [6.07, 6.45) is 0.0594. The summed E-state index contributed by atoms with van der Waals surface area (Å²) in [4.78, 5) is 25.1. The van der Waals surface area contributed by atoms with Gasteiger partial charge >= 0.3 is 5.97 Å². The lowest BCUT2D eigenvalue weighted by atomic mass is 10.1. The number of hydrogen-bond acceptors (Lipinski definition) is 6. The number of carbonyl (C=O) groups is 2. The predicted molar refractivity (Wildman–Crippen MR) is 90.7 cm³/mol. The van der Waals surface area contributed by atoms with E-state index >= 15 is 0 Å². The Bertz CT molecular complexity index is 677. The number of nitrogens with one attached hydrogen (secondary N) is 1. The SMILES string of the molecule is COC(=O)C[C@H](NC(=O)c1cc(OC)cc(OC)c1)c1cccs1. The van der Waals surface area contributed by atoms with Crippen LogP contribution in [-0.4, -0.2) is 33.2 Å². The van der Waals surface area contributed by atoms with E-state index in [-0.39, 0.29) is 12.3 Å². The van der Waals surface area contributed by atoms with E-state index in [2.05, 4.69) is 5.32 Å². The number of hydrogen-bond donors (Lipinski definition) is 1. The molecular weight excluding hydrogens is 330 g/mol. The number of rotatable bonds is 7. The first kappa shape index (κ1) is 17.8. The third kappa shape index (κ3) is 4.48. The Hall–Kier alpha value is -2.54. The fraction of sp³-hybridized carbons (Fsp3) is 0.294. The first-order chi connectivity index (χ1) is 11.6. The van der Waals surface area contributed by atoms with Gasteiger partial charge in [-0.1, -0.05) is 6.07 Å². The highest BCUT2D eigenvalue weighted by Crippen LogP contribution is 2.25. The maximum Gasteiger partial charge on any atom is 0.307 e. The lowest BCUT2D eigenvalue weighted by Gasteiger charge is -2.17. The van der Waals surface area contributed by atoms with Gasteiger partial charge < -0.3 is 19.5 Å². The van der Waals surface area contributed by atoms with Crippen LogP contribution in [0.3, 0.4) is 0 Å². The standard InChI is InChI=1S/C17H19NO5S/c1-21-12-7-11(8-13(9-12)22-2)17(20)18-14(10-16(19)23-3)15-5-4-6-24-15/h4-9,14H,10H2,1-3H3,(H,18,20)/t14-/m0/s1. The first-order valence-corrected chi connectivity index (χ1v) is 8.09. The van der Waals surface area contributed by atoms with Crippen molar-refractivity contribution >= 4 is 23.2 Å². The van der Waals surface area contributed by atoms with E-state index in [1.165, 1.54) is 32.7 Å². The summed E-state index contributed by atoms with van der Waals surface area (Å²) in [7, 11) is 4.35. The molecule has 1 heterocycles. The summed E-state index contributed by atoms with van der Waals surface area (Å²) >= 11 is 1.46. The minimum absolute atomic E-state index is 0.0594. The van der Waals surface area contributed by atoms with E-state index in [1.54, 1.807) is 18.2 Å². The van der Waals surface area contributed by atoms with Gasteiger partial charge in [-0.25, -0.2) is 0 Å². The number of amides is 1. The van der Waals surface area contributed by atoms with Crippen LogP contribution < -0.4 is 14.8 Å². The zero-order valence-corrected chi connectivity index (χ0v) is 14.5. The molecule has 1 amide bonds. The molecule has 1 N–H and O–H groups in total. The summed E-state index contributed by atoms with van der Waals surface area (Å²) < 4.78 is 15.1. The quantitative estimate of drug-likeness (QED) is 0.778. The summed E-state index contributed by atoms with van der Waals surface area (Å²) in [5.74, 6) is 0.312. The lowest BCUT2D eigenvalue weighted by molar-refractivity contribution is -0.141. The Morgan fingerprint density at radius 3 is 2.29 bits per heavy atom. The van der Waals surface area contributed by atoms with Crippen LogP contribution in [0.4, 0.5) is 0 Å². The Morgan fingerprint density at radius 1 is 1.12 bits per heavy atom. The molecule has 1 atom stereocenters. The molecule has 0 saturated carbocycles. The van der Waals surface area contributed by atoms with Gasteiger partial charge in [-0.15, -0.1) is 11.3 Å². The smallest absolute Gasteiger partial charge is 0.307 e. The van der Waals surface area contributed by atoms with Gasteiger partial charge in [-0.05, 0) is 23.6 Å². The van der Waals surface area contributed by atoms with Gasteiger partial charge in [0.15, 0.2) is 0 Å². The normalized spacial score (nSPS) is 11.5. The van der Waals surface area contributed by atoms with E-state index in [4.69, 9.17) is 14.2 Å². The molecule has 7 heteroatoms. The van der Waals surface area contributed by atoms with Crippen LogP contribution in [0.2, 0.25) is 0 Å². The monoisotopic (exact) mass is 349 g/mol. The fourth-order valence-corrected chi connectivity index (χ4v) is 2.92. The summed E-state index contributed by atoms with van der Waals surface area (Å²) in [6.45, 7) is 0. The van der Waals surface area contributed by atoms with Gasteiger partial charge in [0.05, 0.1) is 33.8 Å². The Labute approximate surface area is 144 Å². The van der Waals surface area contributed by atoms with Crippen LogP contribution in [0.5, 0.6) is 11.5 Å². The van der Waals surface area contributed by atoms with Crippen molar-refractivity contribution < 1.29 is 23.8 Å². The average Bonchev–Trinajstić information content (AvgIpc) is 3.14. The van der Waals surface area contributed by atoms with Crippen LogP contribution in [0.15, 0.2) is 35.7 Å². The lowest BCUT2D eigenvalue weighted by Crippen LogP contribution is -2.30. The largest absolute Gasteiger partial charge is 0.497 e. The molecule has 0 saturated heterocycles. The highest BCUT2D eigenvalue weighted by Gasteiger charge is 2.21. The van der Waals surface area contributed by atoms with Crippen molar-refractivity contribution in [2.24, 2.45) is 0 Å². The van der Waals surface area contributed by atoms with Crippen LogP contribution in [0.25, 0.3) is 0 Å². The number of carbonyl (C=O) groups excluding carboxylic acids is 2. The van der Waals surface area contributed by atoms with E-state index < -0.39 is 12.0 Å². The van der Waals surface area contributed by atoms with Crippen molar-refractivity contribution in [3.63, 3.8) is 0 Å². The Morgan fingerprint density at radius 2 is 1.79 bits per heavy atom. The fourth-order valence-electron chi connectivity index (χ4n) is 2.14. The molecule has 0 bridgehead atoms. The second kappa shape index (κ2) is 8.35. The summed E-state index contributed by atoms with van der Waals surface area (Å²) in [5, 5.41) is 4.75. The number of esters is 1. The topological polar surface area (TPSA) is 73.9 Å². The van der Waals surface area contributed by atoms with Crippen molar-refractivity contribution in [3.8, 4) is 11.5 Å². The van der Waals surface area contributed by atoms with Crippen molar-refractivity contribution in [1.82, 2.24) is 5.32 Å². The molecule has 128 valence electrons. The van der Waals surface area contributed by atoms with E-state index in [0.717, 1.165) is 4.88 Å². The first-order valence-electron chi connectivity index (χ1n) is 7.21. The van der Waals surface area contributed by atoms with E-state index in [0.29, 0.717) is 17.1 Å². The minimum Gasteiger partial charge on any atom is -0.497 e. The third-order valence-corrected chi connectivity index (χ3v) is 4.39.